The Morgan fingerprint density at radius 2 is 2.30 bits per heavy atom. The summed E-state index contributed by atoms with van der Waals surface area (Å²) in [7, 11) is 0. The van der Waals surface area contributed by atoms with Crippen molar-refractivity contribution < 1.29 is 68.1 Å². The van der Waals surface area contributed by atoms with Crippen LogP contribution in [0.1, 0.15) is 10.4 Å². The number of aromatic carboxylic acids is 1. The number of hydrogen-bond donors (Lipinski definition) is 0. The zero-order valence-corrected chi connectivity index (χ0v) is 10.5. The number of carboxylic acid groups (broad SMARTS) is 1. The van der Waals surface area contributed by atoms with Crippen LogP contribution in [0.5, 0.6) is 0 Å². The van der Waals surface area contributed by atoms with Gasteiger partial charge >= 0.3 is 58.2 Å². The second-order valence-electron chi connectivity index (χ2n) is 1.53. The van der Waals surface area contributed by atoms with Crippen molar-refractivity contribution >= 4 is 5.97 Å². The van der Waals surface area contributed by atoms with Crippen LogP contribution in [0.25, 0.3) is 0 Å². The molecule has 1 aromatic rings. The van der Waals surface area contributed by atoms with Gasteiger partial charge in [0, 0.05) is 18.0 Å². The molecule has 0 spiro atoms. The first kappa shape index (κ1) is 10.4. The fraction of sp³-hybridized carbons (Fsp3) is 0. The summed E-state index contributed by atoms with van der Waals surface area (Å²) in [5, 5.41) is 10.0. The van der Waals surface area contributed by atoms with Crippen LogP contribution >= 0.6 is 0 Å². The normalized spacial score (nSPS) is 8.00. The number of aromatic nitrogens is 1. The Balaban J connectivity index is 0.000000810. The third-order valence-corrected chi connectivity index (χ3v) is 0.897. The van der Waals surface area contributed by atoms with Crippen molar-refractivity contribution in [2.45, 2.75) is 0 Å². The van der Waals surface area contributed by atoms with E-state index < -0.39 is 5.97 Å². The van der Waals surface area contributed by atoms with Crippen LogP contribution in [0.3, 0.4) is 0 Å². The van der Waals surface area contributed by atoms with Gasteiger partial charge in [-0.1, -0.05) is 6.07 Å². The predicted octanol–water partition coefficient (Wildman–Crippen LogP) is -3.55. The molecule has 1 heterocycles. The van der Waals surface area contributed by atoms with Gasteiger partial charge in [0.1, 0.15) is 0 Å². The smallest absolute Gasteiger partial charge is 0.545 e. The van der Waals surface area contributed by atoms with Gasteiger partial charge in [-0.3, -0.25) is 4.98 Å². The summed E-state index contributed by atoms with van der Waals surface area (Å²) in [6.45, 7) is 0. The van der Waals surface area contributed by atoms with Gasteiger partial charge in [-0.15, -0.1) is 0 Å². The third-order valence-electron chi connectivity index (χ3n) is 0.897. The molecule has 0 N–H and O–H groups in total. The van der Waals surface area contributed by atoms with Gasteiger partial charge in [0.2, 0.25) is 0 Å². The van der Waals surface area contributed by atoms with Crippen LogP contribution in [-0.2, 0) is 0 Å². The molecule has 0 saturated carbocycles. The summed E-state index contributed by atoms with van der Waals surface area (Å²) in [6.07, 6.45) is 2.75. The molecule has 10 heavy (non-hydrogen) atoms. The van der Waals surface area contributed by atoms with Crippen LogP contribution in [0.2, 0.25) is 0 Å². The molecule has 3 nitrogen and oxygen atoms in total. The van der Waals surface area contributed by atoms with E-state index in [0.29, 0.717) is 0 Å². The molecule has 0 amide bonds. The van der Waals surface area contributed by atoms with Crippen LogP contribution in [0.15, 0.2) is 24.5 Å². The van der Waals surface area contributed by atoms with E-state index in [1.807, 2.05) is 0 Å². The minimum Gasteiger partial charge on any atom is -0.545 e. The van der Waals surface area contributed by atoms with Gasteiger partial charge in [0.05, 0.1) is 5.97 Å². The fourth-order valence-electron chi connectivity index (χ4n) is 0.484. The second-order valence-corrected chi connectivity index (χ2v) is 1.53. The topological polar surface area (TPSA) is 53.0 Å². The molecule has 0 saturated heterocycles. The number of carbonyl (C=O) groups is 1. The number of rotatable bonds is 1. The summed E-state index contributed by atoms with van der Waals surface area (Å²) in [4.78, 5) is 13.6. The summed E-state index contributed by atoms with van der Waals surface area (Å²) in [5.41, 5.74) is 0.109. The summed E-state index contributed by atoms with van der Waals surface area (Å²) in [6, 6.07) is 2.98. The molecule has 1 aromatic heterocycles. The molecular formula is C6H4NO2Rb. The van der Waals surface area contributed by atoms with Gasteiger partial charge in [-0.05, 0) is 6.07 Å². The molecule has 0 aliphatic rings. The maximum Gasteiger partial charge on any atom is 1.00 e. The van der Waals surface area contributed by atoms with Crippen LogP contribution in [-0.4, -0.2) is 11.0 Å². The summed E-state index contributed by atoms with van der Waals surface area (Å²) in [5.74, 6) is -1.19. The molecule has 0 aliphatic heterocycles. The number of carbonyl (C=O) groups excluding carboxylic acids is 1. The van der Waals surface area contributed by atoms with Crippen LogP contribution in [0, 0.1) is 0 Å². The fourth-order valence-corrected chi connectivity index (χ4v) is 0.484. The van der Waals surface area contributed by atoms with Crippen molar-refractivity contribution in [2.75, 3.05) is 0 Å². The Bertz CT molecular complexity index is 212. The molecule has 0 atom stereocenters. The summed E-state index contributed by atoms with van der Waals surface area (Å²) >= 11 is 0. The molecule has 0 aliphatic carbocycles. The van der Waals surface area contributed by atoms with E-state index in [1.54, 1.807) is 6.07 Å². The number of hydrogen-bond acceptors (Lipinski definition) is 3. The largest absolute Gasteiger partial charge is 1.00 e. The molecule has 0 bridgehead atoms. The molecule has 4 heteroatoms. The maximum absolute atomic E-state index is 10.0. The first-order valence-electron chi connectivity index (χ1n) is 2.42. The number of pyridine rings is 1. The van der Waals surface area contributed by atoms with Gasteiger partial charge in [-0.25, -0.2) is 0 Å². The second kappa shape index (κ2) is 5.13. The average Bonchev–Trinajstić information content (AvgIpc) is 1.90. The van der Waals surface area contributed by atoms with Crippen molar-refractivity contribution in [1.82, 2.24) is 4.98 Å². The van der Waals surface area contributed by atoms with Gasteiger partial charge in [0.15, 0.2) is 0 Å². The van der Waals surface area contributed by atoms with E-state index in [-0.39, 0.29) is 63.8 Å². The van der Waals surface area contributed by atoms with Gasteiger partial charge in [-0.2, -0.15) is 0 Å². The van der Waals surface area contributed by atoms with Crippen molar-refractivity contribution in [1.29, 1.82) is 0 Å². The molecule has 0 unspecified atom stereocenters. The number of carboxylic acids is 1. The zero-order valence-electron chi connectivity index (χ0n) is 5.57. The van der Waals surface area contributed by atoms with E-state index in [0.717, 1.165) is 0 Å². The monoisotopic (exact) mass is 207 g/mol. The Kier molecular flexibility index (Phi) is 5.34. The molecule has 0 fully saturated rings. The molecule has 0 aromatic carbocycles. The standard InChI is InChI=1S/C6H5NO2.Rb/c8-6(9)5-2-1-3-7-4-5;/h1-4H,(H,8,9);/q;+1/p-1. The SMILES string of the molecule is O=C([O-])c1cccnc1.[Rb+]. The Morgan fingerprint density at radius 1 is 1.60 bits per heavy atom. The van der Waals surface area contributed by atoms with E-state index in [2.05, 4.69) is 4.98 Å². The third kappa shape index (κ3) is 3.01. The summed E-state index contributed by atoms with van der Waals surface area (Å²) < 4.78 is 0. The maximum atomic E-state index is 10.0. The molecule has 46 valence electrons. The van der Waals surface area contributed by atoms with Gasteiger partial charge < -0.3 is 9.90 Å². The predicted molar refractivity (Wildman–Crippen MR) is 28.6 cm³/mol. The minimum atomic E-state index is -1.19. The Morgan fingerprint density at radius 3 is 2.60 bits per heavy atom. The quantitative estimate of drug-likeness (QED) is 0.479. The molecule has 1 rings (SSSR count). The first-order chi connectivity index (χ1) is 4.30. The molecular weight excluding hydrogens is 204 g/mol. The van der Waals surface area contributed by atoms with E-state index in [1.165, 1.54) is 18.5 Å². The van der Waals surface area contributed by atoms with E-state index >= 15 is 0 Å². The van der Waals surface area contributed by atoms with Crippen molar-refractivity contribution in [3.05, 3.63) is 30.1 Å². The van der Waals surface area contributed by atoms with Crippen molar-refractivity contribution in [3.8, 4) is 0 Å². The zero-order chi connectivity index (χ0) is 6.69. The van der Waals surface area contributed by atoms with Crippen LogP contribution < -0.4 is 63.3 Å². The average molecular weight is 208 g/mol. The minimum absolute atomic E-state index is 0. The Hall–Kier alpha value is 0.425. The van der Waals surface area contributed by atoms with E-state index in [9.17, 15) is 9.90 Å². The van der Waals surface area contributed by atoms with Crippen LogP contribution in [0.4, 0.5) is 0 Å². The van der Waals surface area contributed by atoms with E-state index in [4.69, 9.17) is 0 Å². The number of nitrogens with zero attached hydrogens (tertiary/aromatic N) is 1. The molecule has 0 radical (unpaired) electrons. The Labute approximate surface area is 107 Å². The van der Waals surface area contributed by atoms with Gasteiger partial charge in [0.25, 0.3) is 0 Å². The van der Waals surface area contributed by atoms with Crippen molar-refractivity contribution in [2.24, 2.45) is 0 Å². The first-order valence-corrected chi connectivity index (χ1v) is 2.42. The van der Waals surface area contributed by atoms with Crippen molar-refractivity contribution in [3.63, 3.8) is 0 Å².